The normalized spacial score (nSPS) is 22.6. The Morgan fingerprint density at radius 1 is 1.13 bits per heavy atom. The molecular formula is C27H30F3N5O3S. The van der Waals surface area contributed by atoms with Crippen LogP contribution in [0.1, 0.15) is 54.8 Å². The standard InChI is InChI=1S/C27H30F3N5O3S/c1-16-12-18(14-19(13-16)33-25-31-9-4-22(34-25)27(28,29)30)21-15-32-24(39-21)26(38)7-2-17(3-8-26)23(37)35-10-5-20(36)6-11-35/h4,9,12-15,17,20,36,38H,2-3,5-8,10-11H2,1H3,(H,31,33,34). The van der Waals surface area contributed by atoms with E-state index in [4.69, 9.17) is 0 Å². The second-order valence-corrected chi connectivity index (χ2v) is 11.4. The third-order valence-electron chi connectivity index (χ3n) is 7.41. The number of piperidine rings is 1. The number of rotatable bonds is 5. The summed E-state index contributed by atoms with van der Waals surface area (Å²) in [5.41, 5.74) is 0.0589. The molecule has 3 N–H and O–H groups in total. The van der Waals surface area contributed by atoms with E-state index in [9.17, 15) is 28.2 Å². The number of aryl methyl sites for hydroxylation is 1. The second kappa shape index (κ2) is 10.8. The molecule has 0 unspecified atom stereocenters. The van der Waals surface area contributed by atoms with Gasteiger partial charge in [-0.1, -0.05) is 6.07 Å². The minimum absolute atomic E-state index is 0.105. The minimum atomic E-state index is -4.57. The maximum absolute atomic E-state index is 13.0. The molecule has 12 heteroatoms. The van der Waals surface area contributed by atoms with E-state index in [1.807, 2.05) is 17.9 Å². The molecule has 39 heavy (non-hydrogen) atoms. The van der Waals surface area contributed by atoms with Crippen molar-refractivity contribution in [2.75, 3.05) is 18.4 Å². The smallest absolute Gasteiger partial charge is 0.393 e. The minimum Gasteiger partial charge on any atom is -0.393 e. The number of amides is 1. The fraction of sp³-hybridized carbons (Fsp3) is 0.481. The van der Waals surface area contributed by atoms with Crippen LogP contribution in [0.3, 0.4) is 0 Å². The summed E-state index contributed by atoms with van der Waals surface area (Å²) >= 11 is 1.37. The van der Waals surface area contributed by atoms with Gasteiger partial charge in [0.25, 0.3) is 0 Å². The zero-order valence-electron chi connectivity index (χ0n) is 21.4. The second-order valence-electron chi connectivity index (χ2n) is 10.4. The van der Waals surface area contributed by atoms with Crippen molar-refractivity contribution in [2.24, 2.45) is 5.92 Å². The number of nitrogens with zero attached hydrogens (tertiary/aromatic N) is 4. The number of aliphatic hydroxyl groups is 2. The molecule has 0 radical (unpaired) electrons. The number of nitrogens with one attached hydrogen (secondary N) is 1. The maximum Gasteiger partial charge on any atom is 0.433 e. The zero-order chi connectivity index (χ0) is 27.8. The number of carbonyl (C=O) groups is 1. The highest BCUT2D eigenvalue weighted by atomic mass is 32.1. The van der Waals surface area contributed by atoms with Crippen LogP contribution in [0.2, 0.25) is 0 Å². The molecule has 2 aromatic heterocycles. The van der Waals surface area contributed by atoms with Crippen molar-refractivity contribution < 1.29 is 28.2 Å². The summed E-state index contributed by atoms with van der Waals surface area (Å²) in [6.07, 6.45) is 1.05. The van der Waals surface area contributed by atoms with Gasteiger partial charge < -0.3 is 20.4 Å². The van der Waals surface area contributed by atoms with Crippen molar-refractivity contribution >= 4 is 28.9 Å². The first kappa shape index (κ1) is 27.5. The summed E-state index contributed by atoms with van der Waals surface area (Å²) in [5.74, 6) is -0.190. The highest BCUT2D eigenvalue weighted by molar-refractivity contribution is 7.15. The summed E-state index contributed by atoms with van der Waals surface area (Å²) in [6, 6.07) is 6.32. The van der Waals surface area contributed by atoms with Gasteiger partial charge in [-0.05, 0) is 74.8 Å². The summed E-state index contributed by atoms with van der Waals surface area (Å²) in [7, 11) is 0. The van der Waals surface area contributed by atoms with Gasteiger partial charge in [-0.2, -0.15) is 13.2 Å². The number of carbonyl (C=O) groups excluding carboxylic acids is 1. The fourth-order valence-corrected chi connectivity index (χ4v) is 6.28. The van der Waals surface area contributed by atoms with Gasteiger partial charge >= 0.3 is 6.18 Å². The summed E-state index contributed by atoms with van der Waals surface area (Å²) in [5, 5.41) is 24.6. The van der Waals surface area contributed by atoms with E-state index < -0.39 is 17.5 Å². The van der Waals surface area contributed by atoms with Gasteiger partial charge in [-0.3, -0.25) is 4.79 Å². The van der Waals surface area contributed by atoms with Crippen LogP contribution in [0.15, 0.2) is 36.7 Å². The molecule has 0 spiro atoms. The molecule has 5 rings (SSSR count). The van der Waals surface area contributed by atoms with Gasteiger partial charge in [-0.15, -0.1) is 11.3 Å². The highest BCUT2D eigenvalue weighted by Crippen LogP contribution is 2.43. The highest BCUT2D eigenvalue weighted by Gasteiger charge is 2.40. The summed E-state index contributed by atoms with van der Waals surface area (Å²) < 4.78 is 39.1. The van der Waals surface area contributed by atoms with E-state index in [0.29, 0.717) is 62.3 Å². The number of thiazole rings is 1. The maximum atomic E-state index is 13.0. The molecule has 1 aliphatic heterocycles. The molecule has 1 amide bonds. The third kappa shape index (κ3) is 6.23. The number of likely N-dealkylation sites (tertiary alicyclic amines) is 1. The number of halogens is 3. The first-order valence-electron chi connectivity index (χ1n) is 12.9. The Labute approximate surface area is 227 Å². The Morgan fingerprint density at radius 3 is 2.54 bits per heavy atom. The summed E-state index contributed by atoms with van der Waals surface area (Å²) in [4.78, 5) is 27.6. The lowest BCUT2D eigenvalue weighted by atomic mass is 9.78. The predicted molar refractivity (Wildman–Crippen MR) is 140 cm³/mol. The van der Waals surface area contributed by atoms with Crippen molar-refractivity contribution in [3.8, 4) is 10.4 Å². The van der Waals surface area contributed by atoms with Gasteiger partial charge in [0, 0.05) is 37.1 Å². The van der Waals surface area contributed by atoms with E-state index in [0.717, 1.165) is 28.3 Å². The lowest BCUT2D eigenvalue weighted by molar-refractivity contribution is -0.141. The van der Waals surface area contributed by atoms with Crippen LogP contribution in [-0.4, -0.2) is 55.2 Å². The van der Waals surface area contributed by atoms with E-state index in [1.165, 1.54) is 11.3 Å². The van der Waals surface area contributed by atoms with Crippen LogP contribution in [0.25, 0.3) is 10.4 Å². The monoisotopic (exact) mass is 561 g/mol. The van der Waals surface area contributed by atoms with Gasteiger partial charge in [0.05, 0.1) is 11.0 Å². The van der Waals surface area contributed by atoms with Crippen LogP contribution in [-0.2, 0) is 16.6 Å². The Balaban J connectivity index is 1.27. The van der Waals surface area contributed by atoms with Gasteiger partial charge in [0.2, 0.25) is 11.9 Å². The zero-order valence-corrected chi connectivity index (χ0v) is 22.2. The number of hydrogen-bond donors (Lipinski definition) is 3. The van der Waals surface area contributed by atoms with Crippen LogP contribution in [0, 0.1) is 12.8 Å². The number of anilines is 2. The molecule has 1 aromatic carbocycles. The molecule has 2 aliphatic rings. The quantitative estimate of drug-likeness (QED) is 0.401. The first-order valence-corrected chi connectivity index (χ1v) is 13.8. The topological polar surface area (TPSA) is 111 Å². The van der Waals surface area contributed by atoms with Crippen molar-refractivity contribution in [2.45, 2.75) is 63.3 Å². The lowest BCUT2D eigenvalue weighted by Crippen LogP contribution is -2.45. The molecule has 208 valence electrons. The molecular weight excluding hydrogens is 531 g/mol. The molecule has 8 nitrogen and oxygen atoms in total. The Bertz CT molecular complexity index is 1330. The largest absolute Gasteiger partial charge is 0.433 e. The number of aliphatic hydroxyl groups excluding tert-OH is 1. The molecule has 0 bridgehead atoms. The number of hydrogen-bond acceptors (Lipinski definition) is 8. The molecule has 3 heterocycles. The van der Waals surface area contributed by atoms with Gasteiger partial charge in [-0.25, -0.2) is 15.0 Å². The average molecular weight is 562 g/mol. The van der Waals surface area contributed by atoms with Crippen LogP contribution in [0.5, 0.6) is 0 Å². The van der Waals surface area contributed by atoms with Crippen molar-refractivity contribution in [1.29, 1.82) is 0 Å². The van der Waals surface area contributed by atoms with Gasteiger partial charge in [0.15, 0.2) is 0 Å². The van der Waals surface area contributed by atoms with Gasteiger partial charge in [0.1, 0.15) is 16.3 Å². The Hall–Kier alpha value is -3.09. The van der Waals surface area contributed by atoms with Crippen LogP contribution >= 0.6 is 11.3 Å². The first-order chi connectivity index (χ1) is 18.5. The van der Waals surface area contributed by atoms with E-state index in [1.54, 1.807) is 18.3 Å². The predicted octanol–water partition coefficient (Wildman–Crippen LogP) is 5.03. The molecule has 3 aromatic rings. The Morgan fingerprint density at radius 2 is 1.85 bits per heavy atom. The van der Waals surface area contributed by atoms with E-state index in [2.05, 4.69) is 20.3 Å². The van der Waals surface area contributed by atoms with Crippen molar-refractivity contribution in [3.05, 3.63) is 52.9 Å². The van der Waals surface area contributed by atoms with E-state index >= 15 is 0 Å². The Kier molecular flexibility index (Phi) is 7.62. The lowest BCUT2D eigenvalue weighted by Gasteiger charge is -2.37. The van der Waals surface area contributed by atoms with Crippen molar-refractivity contribution in [3.63, 3.8) is 0 Å². The number of alkyl halides is 3. The van der Waals surface area contributed by atoms with Crippen molar-refractivity contribution in [1.82, 2.24) is 19.9 Å². The molecule has 1 saturated carbocycles. The number of benzene rings is 1. The number of aromatic nitrogens is 3. The SMILES string of the molecule is Cc1cc(Nc2nccc(C(F)(F)F)n2)cc(-c2cnc(C3(O)CCC(C(=O)N4CCC(O)CC4)CC3)s2)c1. The average Bonchev–Trinajstić information content (AvgIpc) is 3.40. The van der Waals surface area contributed by atoms with Crippen LogP contribution < -0.4 is 5.32 Å². The molecule has 1 saturated heterocycles. The van der Waals surface area contributed by atoms with Crippen LogP contribution in [0.4, 0.5) is 24.8 Å². The van der Waals surface area contributed by atoms with E-state index in [-0.39, 0.29) is 23.9 Å². The third-order valence-corrected chi connectivity index (χ3v) is 8.65. The molecule has 0 atom stereocenters. The molecule has 1 aliphatic carbocycles. The fourth-order valence-electron chi connectivity index (χ4n) is 5.23. The summed E-state index contributed by atoms with van der Waals surface area (Å²) in [6.45, 7) is 3.02. The molecule has 2 fully saturated rings.